The molecule has 5 nitrogen and oxygen atoms in total. The molecule has 3 aliphatic carbocycles. The number of rotatable bonds is 7. The third-order valence-corrected chi connectivity index (χ3v) is 5.66. The Bertz CT molecular complexity index is 380. The molecule has 0 aromatic heterocycles. The van der Waals surface area contributed by atoms with Crippen molar-refractivity contribution in [3.63, 3.8) is 0 Å². The van der Waals surface area contributed by atoms with E-state index in [0.29, 0.717) is 12.1 Å². The molecule has 0 saturated heterocycles. The van der Waals surface area contributed by atoms with E-state index in [-0.39, 0.29) is 11.4 Å². The van der Waals surface area contributed by atoms with Gasteiger partial charge in [0.2, 0.25) is 0 Å². The molecule has 3 rings (SSSR count). The maximum absolute atomic E-state index is 12.0. The summed E-state index contributed by atoms with van der Waals surface area (Å²) in [5, 5.41) is 6.16. The zero-order valence-corrected chi connectivity index (χ0v) is 13.4. The van der Waals surface area contributed by atoms with Gasteiger partial charge in [-0.1, -0.05) is 6.42 Å². The number of hydrogen-bond acceptors (Lipinski definition) is 3. The van der Waals surface area contributed by atoms with Gasteiger partial charge in [-0.25, -0.2) is 4.79 Å². The fraction of sp³-hybridized carbons (Fsp3) is 0.938. The van der Waals surface area contributed by atoms with Gasteiger partial charge in [0.15, 0.2) is 0 Å². The fourth-order valence-electron chi connectivity index (χ4n) is 3.89. The van der Waals surface area contributed by atoms with Crippen LogP contribution in [0.3, 0.4) is 0 Å². The molecule has 2 N–H and O–H groups in total. The van der Waals surface area contributed by atoms with Gasteiger partial charge in [0.05, 0.1) is 6.10 Å². The number of likely N-dealkylation sites (N-methyl/N-ethyl adjacent to an activating group) is 1. The summed E-state index contributed by atoms with van der Waals surface area (Å²) in [6.45, 7) is 4.50. The molecular weight excluding hydrogens is 266 g/mol. The Balaban J connectivity index is 1.37. The molecule has 0 aromatic rings. The Labute approximate surface area is 127 Å². The first kappa shape index (κ1) is 15.1. The monoisotopic (exact) mass is 295 g/mol. The van der Waals surface area contributed by atoms with Crippen LogP contribution in [0.5, 0.6) is 0 Å². The number of ether oxygens (including phenoxy) is 1. The van der Waals surface area contributed by atoms with Crippen molar-refractivity contribution in [1.29, 1.82) is 0 Å². The standard InChI is InChI=1S/C16H29N3O2/c1-3-21-14-11-13(16(14)7-4-8-16)18-15(20)17-9-10-19(2)12-5-6-12/h12-14H,3-11H2,1-2H3,(H2,17,18,20)/t13-,14+/m0/s1. The lowest BCUT2D eigenvalue weighted by Gasteiger charge is -2.60. The largest absolute Gasteiger partial charge is 0.378 e. The van der Waals surface area contributed by atoms with Crippen LogP contribution >= 0.6 is 0 Å². The lowest BCUT2D eigenvalue weighted by molar-refractivity contribution is -0.169. The first-order valence-electron chi connectivity index (χ1n) is 8.52. The number of nitrogens with one attached hydrogen (secondary N) is 2. The van der Waals surface area contributed by atoms with Crippen LogP contribution in [-0.2, 0) is 4.74 Å². The van der Waals surface area contributed by atoms with E-state index in [4.69, 9.17) is 4.74 Å². The Morgan fingerprint density at radius 3 is 2.71 bits per heavy atom. The van der Waals surface area contributed by atoms with Crippen molar-refractivity contribution < 1.29 is 9.53 Å². The minimum absolute atomic E-state index is 0.00887. The van der Waals surface area contributed by atoms with E-state index < -0.39 is 0 Å². The highest BCUT2D eigenvalue weighted by Crippen LogP contribution is 2.57. The average Bonchev–Trinajstić information content (AvgIpc) is 3.19. The second-order valence-corrected chi connectivity index (χ2v) is 6.93. The van der Waals surface area contributed by atoms with Crippen molar-refractivity contribution in [3.8, 4) is 0 Å². The van der Waals surface area contributed by atoms with Crippen molar-refractivity contribution in [2.24, 2.45) is 5.41 Å². The lowest BCUT2D eigenvalue weighted by atomic mass is 9.51. The van der Waals surface area contributed by atoms with Gasteiger partial charge in [-0.2, -0.15) is 0 Å². The van der Waals surface area contributed by atoms with Gasteiger partial charge in [0.1, 0.15) is 0 Å². The van der Waals surface area contributed by atoms with Gasteiger partial charge >= 0.3 is 6.03 Å². The van der Waals surface area contributed by atoms with E-state index in [1.54, 1.807) is 0 Å². The average molecular weight is 295 g/mol. The molecule has 0 aliphatic heterocycles. The minimum Gasteiger partial charge on any atom is -0.378 e. The molecule has 2 atom stereocenters. The Morgan fingerprint density at radius 2 is 2.14 bits per heavy atom. The minimum atomic E-state index is -0.00887. The summed E-state index contributed by atoms with van der Waals surface area (Å²) in [5.74, 6) is 0. The Morgan fingerprint density at radius 1 is 1.38 bits per heavy atom. The van der Waals surface area contributed by atoms with Crippen LogP contribution in [0.4, 0.5) is 4.79 Å². The first-order chi connectivity index (χ1) is 10.2. The molecule has 0 unspecified atom stereocenters. The molecule has 0 heterocycles. The van der Waals surface area contributed by atoms with Gasteiger partial charge in [-0.15, -0.1) is 0 Å². The molecular formula is C16H29N3O2. The summed E-state index contributed by atoms with van der Waals surface area (Å²) in [7, 11) is 2.14. The normalized spacial score (nSPS) is 29.9. The van der Waals surface area contributed by atoms with E-state index in [1.807, 2.05) is 0 Å². The van der Waals surface area contributed by atoms with Crippen molar-refractivity contribution in [3.05, 3.63) is 0 Å². The number of nitrogens with zero attached hydrogens (tertiary/aromatic N) is 1. The maximum atomic E-state index is 12.0. The van der Waals surface area contributed by atoms with Gasteiger partial charge in [-0.05, 0) is 46.1 Å². The fourth-order valence-corrected chi connectivity index (χ4v) is 3.89. The molecule has 120 valence electrons. The van der Waals surface area contributed by atoms with E-state index in [0.717, 1.165) is 32.2 Å². The van der Waals surface area contributed by atoms with Crippen LogP contribution in [0, 0.1) is 5.41 Å². The molecule has 0 bridgehead atoms. The third-order valence-electron chi connectivity index (χ3n) is 5.66. The molecule has 3 aliphatic rings. The van der Waals surface area contributed by atoms with Crippen LogP contribution < -0.4 is 10.6 Å². The number of amides is 2. The number of hydrogen-bond donors (Lipinski definition) is 2. The second-order valence-electron chi connectivity index (χ2n) is 6.93. The predicted molar refractivity (Wildman–Crippen MR) is 82.3 cm³/mol. The highest BCUT2D eigenvalue weighted by atomic mass is 16.5. The molecule has 21 heavy (non-hydrogen) atoms. The number of urea groups is 1. The van der Waals surface area contributed by atoms with Gasteiger partial charge < -0.3 is 20.3 Å². The van der Waals surface area contributed by atoms with Crippen molar-refractivity contribution in [2.45, 2.75) is 63.6 Å². The molecule has 3 fully saturated rings. The quantitative estimate of drug-likeness (QED) is 0.752. The number of carbonyl (C=O) groups excluding carboxylic acids is 1. The van der Waals surface area contributed by atoms with Gasteiger partial charge in [0.25, 0.3) is 0 Å². The van der Waals surface area contributed by atoms with Crippen LogP contribution in [0.1, 0.15) is 45.4 Å². The summed E-state index contributed by atoms with van der Waals surface area (Å²) in [6, 6.07) is 1.06. The lowest BCUT2D eigenvalue weighted by Crippen LogP contribution is -2.68. The van der Waals surface area contributed by atoms with Crippen LogP contribution in [0.15, 0.2) is 0 Å². The van der Waals surface area contributed by atoms with Crippen LogP contribution in [0.25, 0.3) is 0 Å². The second kappa shape index (κ2) is 6.13. The molecule has 3 saturated carbocycles. The predicted octanol–water partition coefficient (Wildman–Crippen LogP) is 1.73. The van der Waals surface area contributed by atoms with Crippen LogP contribution in [0.2, 0.25) is 0 Å². The molecule has 1 spiro atoms. The van der Waals surface area contributed by atoms with Crippen molar-refractivity contribution in [1.82, 2.24) is 15.5 Å². The van der Waals surface area contributed by atoms with Crippen LogP contribution in [-0.4, -0.2) is 55.9 Å². The van der Waals surface area contributed by atoms with Crippen molar-refractivity contribution >= 4 is 6.03 Å². The van der Waals surface area contributed by atoms with E-state index >= 15 is 0 Å². The van der Waals surface area contributed by atoms with Crippen molar-refractivity contribution in [2.75, 3.05) is 26.7 Å². The summed E-state index contributed by atoms with van der Waals surface area (Å²) >= 11 is 0. The molecule has 0 aromatic carbocycles. The molecule has 2 amide bonds. The van der Waals surface area contributed by atoms with E-state index in [9.17, 15) is 4.79 Å². The van der Waals surface area contributed by atoms with E-state index in [2.05, 4.69) is 29.5 Å². The van der Waals surface area contributed by atoms with Gasteiger partial charge in [0, 0.05) is 37.2 Å². The topological polar surface area (TPSA) is 53.6 Å². The highest BCUT2D eigenvalue weighted by molar-refractivity contribution is 5.74. The third kappa shape index (κ3) is 3.04. The number of carbonyl (C=O) groups is 1. The molecule has 5 heteroatoms. The highest BCUT2D eigenvalue weighted by Gasteiger charge is 2.59. The Kier molecular flexibility index (Phi) is 4.41. The SMILES string of the molecule is CCO[C@@H]1C[C@H](NC(=O)NCCN(C)C2CC2)C12CCC2. The summed E-state index contributed by atoms with van der Waals surface area (Å²) in [6.07, 6.45) is 7.64. The summed E-state index contributed by atoms with van der Waals surface area (Å²) in [4.78, 5) is 14.4. The molecule has 0 radical (unpaired) electrons. The first-order valence-corrected chi connectivity index (χ1v) is 8.52. The summed E-state index contributed by atoms with van der Waals surface area (Å²) in [5.41, 5.74) is 0.248. The van der Waals surface area contributed by atoms with E-state index in [1.165, 1.54) is 32.1 Å². The smallest absolute Gasteiger partial charge is 0.315 e. The summed E-state index contributed by atoms with van der Waals surface area (Å²) < 4.78 is 5.81. The zero-order valence-electron chi connectivity index (χ0n) is 13.4. The van der Waals surface area contributed by atoms with Gasteiger partial charge in [-0.3, -0.25) is 0 Å². The Hall–Kier alpha value is -0.810. The maximum Gasteiger partial charge on any atom is 0.315 e. The zero-order chi connectivity index (χ0) is 14.9.